The third-order valence-corrected chi connectivity index (χ3v) is 5.93. The van der Waals surface area contributed by atoms with Crippen LogP contribution in [0.25, 0.3) is 0 Å². The quantitative estimate of drug-likeness (QED) is 0.749. The predicted octanol–water partition coefficient (Wildman–Crippen LogP) is 3.85. The van der Waals surface area contributed by atoms with E-state index in [1.165, 1.54) is 18.5 Å². The summed E-state index contributed by atoms with van der Waals surface area (Å²) in [6.45, 7) is 6.02. The van der Waals surface area contributed by atoms with Crippen molar-refractivity contribution in [1.82, 2.24) is 4.90 Å². The molecular weight excluding hydrogens is 274 g/mol. The smallest absolute Gasteiger partial charge is 0.0344 e. The summed E-state index contributed by atoms with van der Waals surface area (Å²) in [5.74, 6) is 1.70. The first kappa shape index (κ1) is 11.7. The summed E-state index contributed by atoms with van der Waals surface area (Å²) in [5.41, 5.74) is 1.45. The molecule has 1 aliphatic carbocycles. The maximum Gasteiger partial charge on any atom is 0.0344 e. The molecule has 1 aliphatic heterocycles. The number of halogens is 1. The Labute approximate surface area is 112 Å². The number of piperidine rings is 1. The SMILES string of the molecule is C[C@H]1C[C@@H]2CN([C@@H](C)c3ccccc3)[C@H]1[C@@H]2Br. The lowest BCUT2D eigenvalue weighted by Gasteiger charge is -2.36. The topological polar surface area (TPSA) is 3.24 Å². The molecular formula is C15H20BrN. The second-order valence-corrected chi connectivity index (χ2v) is 6.75. The third kappa shape index (κ3) is 1.86. The molecule has 1 saturated heterocycles. The highest BCUT2D eigenvalue weighted by molar-refractivity contribution is 9.09. The minimum atomic E-state index is 0.550. The number of fused-ring (bicyclic) bond motifs is 2. The fourth-order valence-electron chi connectivity index (χ4n) is 3.76. The highest BCUT2D eigenvalue weighted by Gasteiger charge is 2.50. The Morgan fingerprint density at radius 3 is 2.59 bits per heavy atom. The highest BCUT2D eigenvalue weighted by atomic mass is 79.9. The summed E-state index contributed by atoms with van der Waals surface area (Å²) >= 11 is 3.91. The normalized spacial score (nSPS) is 38.5. The summed E-state index contributed by atoms with van der Waals surface area (Å²) in [5, 5.41) is 0. The van der Waals surface area contributed by atoms with E-state index in [0.29, 0.717) is 10.9 Å². The zero-order valence-electron chi connectivity index (χ0n) is 10.5. The lowest BCUT2D eigenvalue weighted by atomic mass is 9.97. The number of nitrogens with zero attached hydrogens (tertiary/aromatic N) is 1. The van der Waals surface area contributed by atoms with Gasteiger partial charge in [-0.25, -0.2) is 0 Å². The molecule has 92 valence electrons. The van der Waals surface area contributed by atoms with Crippen molar-refractivity contribution in [2.24, 2.45) is 11.8 Å². The van der Waals surface area contributed by atoms with Crippen molar-refractivity contribution >= 4 is 15.9 Å². The number of alkyl halides is 1. The van der Waals surface area contributed by atoms with E-state index in [4.69, 9.17) is 0 Å². The zero-order chi connectivity index (χ0) is 12.0. The van der Waals surface area contributed by atoms with Gasteiger partial charge in [-0.2, -0.15) is 0 Å². The van der Waals surface area contributed by atoms with Crippen molar-refractivity contribution in [3.63, 3.8) is 0 Å². The van der Waals surface area contributed by atoms with E-state index >= 15 is 0 Å². The van der Waals surface area contributed by atoms with Crippen molar-refractivity contribution in [3.05, 3.63) is 35.9 Å². The van der Waals surface area contributed by atoms with Crippen LogP contribution in [-0.2, 0) is 0 Å². The molecule has 0 radical (unpaired) electrons. The molecule has 0 unspecified atom stereocenters. The molecule has 2 fully saturated rings. The van der Waals surface area contributed by atoms with Gasteiger partial charge in [0.05, 0.1) is 0 Å². The lowest BCUT2D eigenvalue weighted by Crippen LogP contribution is -2.40. The molecule has 1 saturated carbocycles. The van der Waals surface area contributed by atoms with Crippen molar-refractivity contribution in [2.45, 2.75) is 37.2 Å². The number of benzene rings is 1. The Balaban J connectivity index is 1.82. The minimum absolute atomic E-state index is 0.550. The molecule has 2 bridgehead atoms. The largest absolute Gasteiger partial charge is 0.292 e. The van der Waals surface area contributed by atoms with Gasteiger partial charge < -0.3 is 0 Å². The van der Waals surface area contributed by atoms with E-state index in [1.54, 1.807) is 0 Å². The number of rotatable bonds is 2. The Morgan fingerprint density at radius 2 is 2.00 bits per heavy atom. The molecule has 5 atom stereocenters. The maximum absolute atomic E-state index is 3.91. The molecule has 1 heterocycles. The summed E-state index contributed by atoms with van der Waals surface area (Å²) in [6.07, 6.45) is 1.40. The first-order valence-electron chi connectivity index (χ1n) is 6.63. The molecule has 3 rings (SSSR count). The third-order valence-electron chi connectivity index (χ3n) is 4.64. The summed E-state index contributed by atoms with van der Waals surface area (Å²) < 4.78 is 0. The van der Waals surface area contributed by atoms with Gasteiger partial charge in [-0.15, -0.1) is 0 Å². The fraction of sp³-hybridized carbons (Fsp3) is 0.600. The molecule has 1 aromatic carbocycles. The molecule has 2 aliphatic rings. The maximum atomic E-state index is 3.91. The number of hydrogen-bond donors (Lipinski definition) is 0. The van der Waals surface area contributed by atoms with E-state index in [2.05, 4.69) is 65.0 Å². The molecule has 0 aromatic heterocycles. The molecule has 0 N–H and O–H groups in total. The van der Waals surface area contributed by atoms with Gasteiger partial charge in [0, 0.05) is 23.5 Å². The lowest BCUT2D eigenvalue weighted by molar-refractivity contribution is 0.123. The van der Waals surface area contributed by atoms with Gasteiger partial charge in [-0.3, -0.25) is 4.90 Å². The van der Waals surface area contributed by atoms with Crippen LogP contribution in [0.1, 0.15) is 31.9 Å². The van der Waals surface area contributed by atoms with Crippen molar-refractivity contribution in [1.29, 1.82) is 0 Å². The van der Waals surface area contributed by atoms with E-state index in [1.807, 2.05) is 0 Å². The van der Waals surface area contributed by atoms with Gasteiger partial charge in [-0.1, -0.05) is 53.2 Å². The molecule has 0 amide bonds. The van der Waals surface area contributed by atoms with Crippen LogP contribution in [0.5, 0.6) is 0 Å². The van der Waals surface area contributed by atoms with Crippen molar-refractivity contribution < 1.29 is 0 Å². The van der Waals surface area contributed by atoms with Gasteiger partial charge in [0.2, 0.25) is 0 Å². The fourth-order valence-corrected chi connectivity index (χ4v) is 4.96. The van der Waals surface area contributed by atoms with Crippen molar-refractivity contribution in [2.75, 3.05) is 6.54 Å². The standard InChI is InChI=1S/C15H20BrN/c1-10-8-13-9-17(15(10)14(13)16)11(2)12-6-4-3-5-7-12/h3-7,10-11,13-15H,8-9H2,1-2H3/t10-,11-,13+,14+,15+/m0/s1. The van der Waals surface area contributed by atoms with Gasteiger partial charge in [0.1, 0.15) is 0 Å². The predicted molar refractivity (Wildman–Crippen MR) is 75.3 cm³/mol. The average Bonchev–Trinajstić information content (AvgIpc) is 2.81. The Hall–Kier alpha value is -0.340. The van der Waals surface area contributed by atoms with Gasteiger partial charge in [0.25, 0.3) is 0 Å². The van der Waals surface area contributed by atoms with Crippen LogP contribution in [-0.4, -0.2) is 22.3 Å². The molecule has 0 spiro atoms. The Kier molecular flexibility index (Phi) is 3.04. The first-order valence-corrected chi connectivity index (χ1v) is 7.55. The van der Waals surface area contributed by atoms with Gasteiger partial charge >= 0.3 is 0 Å². The van der Waals surface area contributed by atoms with Crippen LogP contribution in [0.3, 0.4) is 0 Å². The van der Waals surface area contributed by atoms with E-state index in [-0.39, 0.29) is 0 Å². The average molecular weight is 294 g/mol. The Morgan fingerprint density at radius 1 is 1.29 bits per heavy atom. The van der Waals surface area contributed by atoms with Crippen LogP contribution in [0.2, 0.25) is 0 Å². The second-order valence-electron chi connectivity index (χ2n) is 5.69. The monoisotopic (exact) mass is 293 g/mol. The minimum Gasteiger partial charge on any atom is -0.292 e. The van der Waals surface area contributed by atoms with E-state index in [0.717, 1.165) is 17.9 Å². The number of likely N-dealkylation sites (tertiary alicyclic amines) is 1. The van der Waals surface area contributed by atoms with Crippen molar-refractivity contribution in [3.8, 4) is 0 Å². The number of hydrogen-bond acceptors (Lipinski definition) is 1. The van der Waals surface area contributed by atoms with Crippen LogP contribution >= 0.6 is 15.9 Å². The first-order chi connectivity index (χ1) is 8.18. The van der Waals surface area contributed by atoms with Gasteiger partial charge in [-0.05, 0) is 30.7 Å². The van der Waals surface area contributed by atoms with Crippen LogP contribution in [0.4, 0.5) is 0 Å². The summed E-state index contributed by atoms with van der Waals surface area (Å²) in [4.78, 5) is 3.41. The van der Waals surface area contributed by atoms with E-state index in [9.17, 15) is 0 Å². The van der Waals surface area contributed by atoms with E-state index < -0.39 is 0 Å². The summed E-state index contributed by atoms with van der Waals surface area (Å²) in [7, 11) is 0. The van der Waals surface area contributed by atoms with Gasteiger partial charge in [0.15, 0.2) is 0 Å². The van der Waals surface area contributed by atoms with Crippen LogP contribution in [0, 0.1) is 11.8 Å². The summed E-state index contributed by atoms with van der Waals surface area (Å²) in [6, 6.07) is 12.2. The molecule has 17 heavy (non-hydrogen) atoms. The van der Waals surface area contributed by atoms with Crippen LogP contribution < -0.4 is 0 Å². The highest BCUT2D eigenvalue weighted by Crippen LogP contribution is 2.48. The van der Waals surface area contributed by atoms with Crippen LogP contribution in [0.15, 0.2) is 30.3 Å². The second kappa shape index (κ2) is 4.40. The zero-order valence-corrected chi connectivity index (χ0v) is 12.1. The molecule has 1 aromatic rings. The Bertz CT molecular complexity index is 391. The molecule has 1 nitrogen and oxygen atoms in total. The molecule has 2 heteroatoms.